The monoisotopic (exact) mass is 414 g/mol. The van der Waals surface area contributed by atoms with Crippen molar-refractivity contribution >= 4 is 41.2 Å². The number of piperidine rings is 2. The van der Waals surface area contributed by atoms with Gasteiger partial charge >= 0.3 is 6.09 Å². The Kier molecular flexibility index (Phi) is 6.79. The van der Waals surface area contributed by atoms with E-state index in [0.717, 1.165) is 35.9 Å². The fraction of sp³-hybridized carbons (Fsp3) is 0.842. The summed E-state index contributed by atoms with van der Waals surface area (Å²) in [6.45, 7) is 5.60. The van der Waals surface area contributed by atoms with E-state index < -0.39 is 5.60 Å². The van der Waals surface area contributed by atoms with Crippen LogP contribution in [-0.4, -0.2) is 75.3 Å². The van der Waals surface area contributed by atoms with Gasteiger partial charge in [0, 0.05) is 60.8 Å². The number of hydrogen-bond donors (Lipinski definition) is 1. The van der Waals surface area contributed by atoms with E-state index in [1.54, 1.807) is 4.90 Å². The summed E-state index contributed by atoms with van der Waals surface area (Å²) in [5.41, 5.74) is -0.472. The Morgan fingerprint density at radius 2 is 1.41 bits per heavy atom. The number of Topliss-reactive ketones (excluding diaryl/α,β-unsaturated/α-hetero) is 2. The van der Waals surface area contributed by atoms with Crippen LogP contribution in [-0.2, 0) is 14.3 Å². The van der Waals surface area contributed by atoms with Crippen molar-refractivity contribution in [3.8, 4) is 0 Å². The number of ether oxygens (including phenoxy) is 1. The molecule has 4 rings (SSSR count). The zero-order valence-electron chi connectivity index (χ0n) is 16.4. The third kappa shape index (κ3) is 5.87. The van der Waals surface area contributed by atoms with Gasteiger partial charge < -0.3 is 10.1 Å². The Hall–Kier alpha value is -0.730. The van der Waals surface area contributed by atoms with Crippen LogP contribution in [0.25, 0.3) is 0 Å². The molecule has 0 spiro atoms. The van der Waals surface area contributed by atoms with E-state index in [-0.39, 0.29) is 24.0 Å². The molecular formula is C19H30N2O4S2. The molecule has 6 nitrogen and oxygen atoms in total. The molecule has 4 aliphatic rings. The van der Waals surface area contributed by atoms with E-state index in [9.17, 15) is 14.4 Å². The van der Waals surface area contributed by atoms with Gasteiger partial charge in [-0.3, -0.25) is 14.5 Å². The highest BCUT2D eigenvalue weighted by molar-refractivity contribution is 7.99. The summed E-state index contributed by atoms with van der Waals surface area (Å²) in [6.07, 6.45) is 2.25. The highest BCUT2D eigenvalue weighted by atomic mass is 32.2. The number of amides is 1. The Balaban J connectivity index is 0.000000177. The van der Waals surface area contributed by atoms with Crippen molar-refractivity contribution in [3.63, 3.8) is 0 Å². The van der Waals surface area contributed by atoms with Crippen LogP contribution in [0.1, 0.15) is 46.5 Å². The van der Waals surface area contributed by atoms with E-state index in [1.807, 2.05) is 44.3 Å². The molecular weight excluding hydrogens is 384 g/mol. The zero-order valence-corrected chi connectivity index (χ0v) is 18.0. The van der Waals surface area contributed by atoms with Crippen LogP contribution in [0.4, 0.5) is 4.79 Å². The highest BCUT2D eigenvalue weighted by Crippen LogP contribution is 2.32. The molecule has 4 unspecified atom stereocenters. The Morgan fingerprint density at radius 3 is 1.93 bits per heavy atom. The van der Waals surface area contributed by atoms with Gasteiger partial charge in [0.1, 0.15) is 17.2 Å². The Bertz CT molecular complexity index is 563. The van der Waals surface area contributed by atoms with E-state index >= 15 is 0 Å². The van der Waals surface area contributed by atoms with Crippen LogP contribution >= 0.6 is 23.5 Å². The van der Waals surface area contributed by atoms with Gasteiger partial charge in [-0.05, 0) is 20.8 Å². The number of ketones is 2. The quantitative estimate of drug-likeness (QED) is 0.653. The molecule has 4 fully saturated rings. The highest BCUT2D eigenvalue weighted by Gasteiger charge is 2.42. The van der Waals surface area contributed by atoms with Gasteiger partial charge in [0.15, 0.2) is 0 Å². The van der Waals surface area contributed by atoms with E-state index in [0.29, 0.717) is 30.7 Å². The first-order valence-electron chi connectivity index (χ1n) is 9.67. The zero-order chi connectivity index (χ0) is 19.6. The van der Waals surface area contributed by atoms with Crippen molar-refractivity contribution < 1.29 is 19.1 Å². The summed E-state index contributed by atoms with van der Waals surface area (Å²) >= 11 is 3.80. The average Bonchev–Trinajstić information content (AvgIpc) is 2.52. The molecule has 0 radical (unpaired) electrons. The van der Waals surface area contributed by atoms with Crippen LogP contribution in [0.3, 0.4) is 0 Å². The molecule has 27 heavy (non-hydrogen) atoms. The first kappa shape index (κ1) is 21.0. The van der Waals surface area contributed by atoms with E-state index in [4.69, 9.17) is 4.74 Å². The van der Waals surface area contributed by atoms with Gasteiger partial charge in [-0.25, -0.2) is 4.79 Å². The molecule has 4 heterocycles. The molecule has 152 valence electrons. The van der Waals surface area contributed by atoms with Gasteiger partial charge in [0.05, 0.1) is 12.1 Å². The summed E-state index contributed by atoms with van der Waals surface area (Å²) in [7, 11) is 0. The molecule has 1 N–H and O–H groups in total. The number of rotatable bonds is 0. The molecule has 0 aromatic rings. The number of nitrogens with one attached hydrogen (secondary N) is 1. The van der Waals surface area contributed by atoms with Gasteiger partial charge in [-0.15, -0.1) is 0 Å². The topological polar surface area (TPSA) is 75.7 Å². The standard InChI is InChI=1S/C12H19NO3S.C7H11NOS/c1-12(2,3)16-11(15)13-8-4-10(14)5-9(13)7-17-6-8;9-7-1-5-3-10-4-6(2-7)8-5/h8-9H,4-7H2,1-3H3;5-6,8H,1-4H2. The van der Waals surface area contributed by atoms with Crippen LogP contribution in [0.5, 0.6) is 0 Å². The number of hydrogen-bond acceptors (Lipinski definition) is 7. The van der Waals surface area contributed by atoms with Gasteiger partial charge in [-0.1, -0.05) is 0 Å². The van der Waals surface area contributed by atoms with Crippen LogP contribution < -0.4 is 5.32 Å². The lowest BCUT2D eigenvalue weighted by Gasteiger charge is -2.44. The SMILES string of the molecule is CC(C)(C)OC(=O)N1C2CSCC1CC(=O)C2.O=C1CC2CSCC(C1)N2. The maximum atomic E-state index is 12.1. The maximum Gasteiger partial charge on any atom is 0.410 e. The normalized spacial score (nSPS) is 33.1. The first-order valence-corrected chi connectivity index (χ1v) is 12.0. The lowest BCUT2D eigenvalue weighted by atomic mass is 9.96. The molecule has 4 saturated heterocycles. The maximum absolute atomic E-state index is 12.1. The summed E-state index contributed by atoms with van der Waals surface area (Å²) in [6, 6.07) is 1.06. The number of thioether (sulfide) groups is 2. The number of carbonyl (C=O) groups is 3. The smallest absolute Gasteiger partial charge is 0.410 e. The molecule has 4 bridgehead atoms. The van der Waals surface area contributed by atoms with Crippen molar-refractivity contribution in [1.82, 2.24) is 10.2 Å². The Labute approximate surface area is 169 Å². The number of carbonyl (C=O) groups excluding carboxylic acids is 3. The molecule has 0 aromatic heterocycles. The van der Waals surface area contributed by atoms with E-state index in [1.165, 1.54) is 0 Å². The lowest BCUT2D eigenvalue weighted by Crippen LogP contribution is -2.58. The average molecular weight is 415 g/mol. The lowest BCUT2D eigenvalue weighted by molar-refractivity contribution is -0.124. The van der Waals surface area contributed by atoms with Crippen molar-refractivity contribution in [2.45, 2.75) is 76.2 Å². The fourth-order valence-electron chi connectivity index (χ4n) is 3.99. The minimum atomic E-state index is -0.472. The third-order valence-electron chi connectivity index (χ3n) is 5.00. The van der Waals surface area contributed by atoms with Gasteiger partial charge in [0.25, 0.3) is 0 Å². The second-order valence-electron chi connectivity index (χ2n) is 8.72. The predicted octanol–water partition coefficient (Wildman–Crippen LogP) is 2.49. The number of fused-ring (bicyclic) bond motifs is 4. The Morgan fingerprint density at radius 1 is 0.926 bits per heavy atom. The van der Waals surface area contributed by atoms with Crippen LogP contribution in [0, 0.1) is 0 Å². The van der Waals surface area contributed by atoms with E-state index in [2.05, 4.69) is 5.32 Å². The molecule has 0 aromatic carbocycles. The molecule has 1 amide bonds. The molecule has 8 heteroatoms. The minimum absolute atomic E-state index is 0.0369. The second kappa shape index (κ2) is 8.74. The van der Waals surface area contributed by atoms with Gasteiger partial charge in [-0.2, -0.15) is 23.5 Å². The molecule has 0 aliphatic carbocycles. The summed E-state index contributed by atoms with van der Waals surface area (Å²) in [5.74, 6) is 4.68. The van der Waals surface area contributed by atoms with Crippen molar-refractivity contribution in [3.05, 3.63) is 0 Å². The van der Waals surface area contributed by atoms with Crippen molar-refractivity contribution in [2.75, 3.05) is 23.0 Å². The van der Waals surface area contributed by atoms with Gasteiger partial charge in [0.2, 0.25) is 0 Å². The summed E-state index contributed by atoms with van der Waals surface area (Å²) < 4.78 is 5.42. The third-order valence-corrected chi connectivity index (χ3v) is 7.51. The second-order valence-corrected chi connectivity index (χ2v) is 10.9. The minimum Gasteiger partial charge on any atom is -0.444 e. The largest absolute Gasteiger partial charge is 0.444 e. The van der Waals surface area contributed by atoms with Crippen molar-refractivity contribution in [2.24, 2.45) is 0 Å². The molecule has 4 atom stereocenters. The van der Waals surface area contributed by atoms with Crippen molar-refractivity contribution in [1.29, 1.82) is 0 Å². The molecule has 0 saturated carbocycles. The first-order chi connectivity index (χ1) is 12.7. The fourth-order valence-corrected chi connectivity index (χ4v) is 6.36. The molecule has 4 aliphatic heterocycles. The number of nitrogens with zero attached hydrogens (tertiary/aromatic N) is 1. The summed E-state index contributed by atoms with van der Waals surface area (Å²) in [4.78, 5) is 36.5. The van der Waals surface area contributed by atoms with Crippen LogP contribution in [0.15, 0.2) is 0 Å². The van der Waals surface area contributed by atoms with Crippen LogP contribution in [0.2, 0.25) is 0 Å². The predicted molar refractivity (Wildman–Crippen MR) is 109 cm³/mol. The summed E-state index contributed by atoms with van der Waals surface area (Å²) in [5, 5.41) is 3.44.